The summed E-state index contributed by atoms with van der Waals surface area (Å²) in [6.45, 7) is 8.71. The molecule has 6 heteroatoms. The average Bonchev–Trinajstić information content (AvgIpc) is 2.57. The topological polar surface area (TPSA) is 86.7 Å². The van der Waals surface area contributed by atoms with Crippen molar-refractivity contribution in [3.8, 4) is 0 Å². The lowest BCUT2D eigenvalue weighted by molar-refractivity contribution is -0.138. The van der Waals surface area contributed by atoms with Crippen molar-refractivity contribution in [3.63, 3.8) is 0 Å². The summed E-state index contributed by atoms with van der Waals surface area (Å²) in [6, 6.07) is 4.50. The zero-order valence-electron chi connectivity index (χ0n) is 15.9. The van der Waals surface area contributed by atoms with E-state index in [1.54, 1.807) is 17.0 Å². The first-order valence-electron chi connectivity index (χ1n) is 9.12. The van der Waals surface area contributed by atoms with Gasteiger partial charge in [0, 0.05) is 19.5 Å². The zero-order chi connectivity index (χ0) is 19.4. The second-order valence-corrected chi connectivity index (χ2v) is 7.69. The van der Waals surface area contributed by atoms with Gasteiger partial charge in [-0.15, -0.1) is 0 Å². The van der Waals surface area contributed by atoms with E-state index < -0.39 is 12.0 Å². The molecule has 1 aliphatic heterocycles. The fourth-order valence-corrected chi connectivity index (χ4v) is 3.19. The van der Waals surface area contributed by atoms with E-state index >= 15 is 0 Å². The van der Waals surface area contributed by atoms with Gasteiger partial charge in [0.25, 0.3) is 0 Å². The van der Waals surface area contributed by atoms with Gasteiger partial charge in [0.2, 0.25) is 11.8 Å². The molecular formula is C20H28N2O4. The second kappa shape index (κ2) is 8.34. The van der Waals surface area contributed by atoms with E-state index in [1.165, 1.54) is 0 Å². The number of benzene rings is 1. The minimum absolute atomic E-state index is 0.0228. The number of nitrogens with zero attached hydrogens (tertiary/aromatic N) is 1. The number of fused-ring (bicyclic) bond motifs is 1. The molecule has 2 rings (SSSR count). The van der Waals surface area contributed by atoms with Gasteiger partial charge in [-0.3, -0.25) is 9.59 Å². The van der Waals surface area contributed by atoms with E-state index in [0.29, 0.717) is 25.9 Å². The van der Waals surface area contributed by atoms with E-state index in [4.69, 9.17) is 5.11 Å². The Morgan fingerprint density at radius 1 is 1.15 bits per heavy atom. The maximum absolute atomic E-state index is 13.0. The number of carbonyl (C=O) groups is 3. The van der Waals surface area contributed by atoms with Crippen LogP contribution in [0.25, 0.3) is 0 Å². The predicted molar refractivity (Wildman–Crippen MR) is 98.7 cm³/mol. The average molecular weight is 360 g/mol. The minimum atomic E-state index is -0.975. The van der Waals surface area contributed by atoms with Crippen LogP contribution in [0.2, 0.25) is 0 Å². The molecule has 1 atom stereocenters. The molecule has 0 spiro atoms. The van der Waals surface area contributed by atoms with Gasteiger partial charge >= 0.3 is 5.97 Å². The Morgan fingerprint density at radius 2 is 1.85 bits per heavy atom. The maximum atomic E-state index is 13.0. The van der Waals surface area contributed by atoms with Crippen LogP contribution in [0.5, 0.6) is 0 Å². The maximum Gasteiger partial charge on any atom is 0.335 e. The lowest BCUT2D eigenvalue weighted by atomic mass is 9.95. The molecule has 0 bridgehead atoms. The first-order valence-corrected chi connectivity index (χ1v) is 9.12. The van der Waals surface area contributed by atoms with Crippen LogP contribution in [0.15, 0.2) is 18.2 Å². The fourth-order valence-electron chi connectivity index (χ4n) is 3.19. The molecule has 2 amide bonds. The van der Waals surface area contributed by atoms with E-state index in [2.05, 4.69) is 5.32 Å². The molecule has 0 fully saturated rings. The van der Waals surface area contributed by atoms with Crippen LogP contribution in [0.4, 0.5) is 0 Å². The third-order valence-corrected chi connectivity index (χ3v) is 4.62. The third kappa shape index (κ3) is 4.84. The van der Waals surface area contributed by atoms with Gasteiger partial charge in [-0.1, -0.05) is 33.8 Å². The smallest absolute Gasteiger partial charge is 0.335 e. The number of nitrogens with one attached hydrogen (secondary N) is 1. The van der Waals surface area contributed by atoms with E-state index in [-0.39, 0.29) is 29.2 Å². The monoisotopic (exact) mass is 360 g/mol. The highest BCUT2D eigenvalue weighted by Crippen LogP contribution is 2.22. The second-order valence-electron chi connectivity index (χ2n) is 7.69. The van der Waals surface area contributed by atoms with E-state index in [1.807, 2.05) is 33.8 Å². The number of amides is 2. The molecule has 1 aromatic carbocycles. The zero-order valence-corrected chi connectivity index (χ0v) is 15.9. The summed E-state index contributed by atoms with van der Waals surface area (Å²) in [7, 11) is 0. The molecule has 0 radical (unpaired) electrons. The number of carbonyl (C=O) groups excluding carboxylic acids is 2. The molecule has 1 aromatic rings. The van der Waals surface area contributed by atoms with Gasteiger partial charge in [0.05, 0.1) is 5.56 Å². The van der Waals surface area contributed by atoms with Crippen LogP contribution in [-0.4, -0.2) is 40.4 Å². The lowest BCUT2D eigenvalue weighted by Crippen LogP contribution is -2.52. The highest BCUT2D eigenvalue weighted by atomic mass is 16.4. The molecular weight excluding hydrogens is 332 g/mol. The van der Waals surface area contributed by atoms with Gasteiger partial charge in [0.1, 0.15) is 6.04 Å². The van der Waals surface area contributed by atoms with Crippen molar-refractivity contribution >= 4 is 17.8 Å². The van der Waals surface area contributed by atoms with Crippen molar-refractivity contribution in [2.24, 2.45) is 11.8 Å². The lowest BCUT2D eigenvalue weighted by Gasteiger charge is -2.33. The standard InChI is InChI=1S/C20H28N2O4/c1-12(2)9-17(23)21-18(13(3)4)19(24)22-8-7-14-5-6-15(20(25)26)10-16(14)11-22/h5-6,10,12-13,18H,7-9,11H2,1-4H3,(H,21,23)(H,25,26). The summed E-state index contributed by atoms with van der Waals surface area (Å²) in [5.74, 6) is -0.988. The highest BCUT2D eigenvalue weighted by molar-refractivity contribution is 5.89. The molecule has 0 aromatic heterocycles. The van der Waals surface area contributed by atoms with Crippen molar-refractivity contribution in [2.45, 2.75) is 53.1 Å². The Kier molecular flexibility index (Phi) is 6.40. The van der Waals surface area contributed by atoms with Gasteiger partial charge < -0.3 is 15.3 Å². The van der Waals surface area contributed by atoms with E-state index in [0.717, 1.165) is 11.1 Å². The van der Waals surface area contributed by atoms with Gasteiger partial charge in [-0.2, -0.15) is 0 Å². The van der Waals surface area contributed by atoms with Crippen LogP contribution in [0.3, 0.4) is 0 Å². The summed E-state index contributed by atoms with van der Waals surface area (Å²) in [5.41, 5.74) is 2.16. The number of carboxylic acids is 1. The van der Waals surface area contributed by atoms with Crippen molar-refractivity contribution in [1.82, 2.24) is 10.2 Å². The molecule has 2 N–H and O–H groups in total. The van der Waals surface area contributed by atoms with Crippen molar-refractivity contribution in [3.05, 3.63) is 34.9 Å². The largest absolute Gasteiger partial charge is 0.478 e. The molecule has 1 unspecified atom stereocenters. The Morgan fingerprint density at radius 3 is 2.42 bits per heavy atom. The number of hydrogen-bond acceptors (Lipinski definition) is 3. The van der Waals surface area contributed by atoms with Crippen LogP contribution in [-0.2, 0) is 22.6 Å². The SMILES string of the molecule is CC(C)CC(=O)NC(C(=O)N1CCc2ccc(C(=O)O)cc2C1)C(C)C. The van der Waals surface area contributed by atoms with Gasteiger partial charge in [-0.25, -0.2) is 4.79 Å². The van der Waals surface area contributed by atoms with Crippen LogP contribution >= 0.6 is 0 Å². The molecule has 26 heavy (non-hydrogen) atoms. The Hall–Kier alpha value is -2.37. The predicted octanol–water partition coefficient (Wildman–Crippen LogP) is 2.46. The molecule has 0 aliphatic carbocycles. The first-order chi connectivity index (χ1) is 12.2. The molecule has 142 valence electrons. The van der Waals surface area contributed by atoms with Crippen LogP contribution < -0.4 is 5.32 Å². The minimum Gasteiger partial charge on any atom is -0.478 e. The first kappa shape index (κ1) is 19.9. The van der Waals surface area contributed by atoms with Crippen LogP contribution in [0.1, 0.15) is 55.6 Å². The Balaban J connectivity index is 2.13. The Labute approximate surface area is 154 Å². The van der Waals surface area contributed by atoms with Crippen molar-refractivity contribution < 1.29 is 19.5 Å². The van der Waals surface area contributed by atoms with Gasteiger partial charge in [-0.05, 0) is 41.5 Å². The van der Waals surface area contributed by atoms with Crippen molar-refractivity contribution in [2.75, 3.05) is 6.54 Å². The summed E-state index contributed by atoms with van der Waals surface area (Å²) in [4.78, 5) is 38.0. The number of aromatic carboxylic acids is 1. The Bertz CT molecular complexity index is 697. The molecule has 0 saturated heterocycles. The van der Waals surface area contributed by atoms with Gasteiger partial charge in [0.15, 0.2) is 0 Å². The highest BCUT2D eigenvalue weighted by Gasteiger charge is 2.30. The van der Waals surface area contributed by atoms with Crippen molar-refractivity contribution in [1.29, 1.82) is 0 Å². The summed E-state index contributed by atoms with van der Waals surface area (Å²) < 4.78 is 0. The number of carboxylic acid groups (broad SMARTS) is 1. The third-order valence-electron chi connectivity index (χ3n) is 4.62. The quantitative estimate of drug-likeness (QED) is 0.816. The van der Waals surface area contributed by atoms with Crippen LogP contribution in [0, 0.1) is 11.8 Å². The van der Waals surface area contributed by atoms with E-state index in [9.17, 15) is 14.4 Å². The molecule has 1 aliphatic rings. The number of rotatable bonds is 6. The number of hydrogen-bond donors (Lipinski definition) is 2. The molecule has 1 heterocycles. The summed E-state index contributed by atoms with van der Waals surface area (Å²) in [5, 5.41) is 12.0. The normalized spacial score (nSPS) is 14.9. The fraction of sp³-hybridized carbons (Fsp3) is 0.550. The molecule has 0 saturated carbocycles. The molecule has 6 nitrogen and oxygen atoms in total. The summed E-state index contributed by atoms with van der Waals surface area (Å²) in [6.07, 6.45) is 1.08. The summed E-state index contributed by atoms with van der Waals surface area (Å²) >= 11 is 0.